The number of unbranched alkanes of at least 4 members (excludes halogenated alkanes) is 32. The van der Waals surface area contributed by atoms with Gasteiger partial charge in [0.25, 0.3) is 0 Å². The van der Waals surface area contributed by atoms with Crippen molar-refractivity contribution in [3.05, 3.63) is 12.5 Å². The van der Waals surface area contributed by atoms with Gasteiger partial charge in [-0.3, -0.25) is 28.6 Å². The Morgan fingerprint density at radius 3 is 1.23 bits per heavy atom. The zero-order chi connectivity index (χ0) is 71.9. The van der Waals surface area contributed by atoms with Crippen molar-refractivity contribution in [2.24, 2.45) is 41.4 Å². The minimum atomic E-state index is -2.62. The van der Waals surface area contributed by atoms with Gasteiger partial charge in [-0.05, 0) is 114 Å². The van der Waals surface area contributed by atoms with Gasteiger partial charge in [0.15, 0.2) is 0 Å². The second-order valence-corrected chi connectivity index (χ2v) is 31.9. The van der Waals surface area contributed by atoms with Gasteiger partial charge in [0.05, 0.1) is 43.6 Å². The second-order valence-electron chi connectivity index (χ2n) is 30.7. The van der Waals surface area contributed by atoms with E-state index in [4.69, 9.17) is 18.5 Å². The van der Waals surface area contributed by atoms with E-state index < -0.39 is 14.3 Å². The van der Waals surface area contributed by atoms with Gasteiger partial charge in [0.2, 0.25) is 11.6 Å². The first-order chi connectivity index (χ1) is 47.8. The summed E-state index contributed by atoms with van der Waals surface area (Å²) in [7, 11) is -1.25. The summed E-state index contributed by atoms with van der Waals surface area (Å²) in [6, 6.07) is -0.490. The smallest absolute Gasteiger partial charge is 0.318 e. The van der Waals surface area contributed by atoms with Gasteiger partial charge < -0.3 is 30.3 Å². The van der Waals surface area contributed by atoms with Crippen molar-refractivity contribution >= 4 is 37.7 Å². The van der Waals surface area contributed by atoms with E-state index >= 15 is 0 Å². The summed E-state index contributed by atoms with van der Waals surface area (Å²) in [5.74, 6) is 3.75. The van der Waals surface area contributed by atoms with Gasteiger partial charge >= 0.3 is 20.2 Å². The molecule has 580 valence electrons. The molecule has 1 saturated carbocycles. The van der Waals surface area contributed by atoms with E-state index in [1.165, 1.54) is 187 Å². The Kier molecular flexibility index (Phi) is 69.1. The predicted molar refractivity (Wildman–Crippen MR) is 415 cm³/mol. The molecule has 14 heteroatoms. The number of Topliss-reactive ketones (excluding diaryl/α,β-unsaturated/α-hetero) is 2. The third-order valence-electron chi connectivity index (χ3n) is 22.0. The van der Waals surface area contributed by atoms with Crippen LogP contribution < -0.4 is 0 Å². The van der Waals surface area contributed by atoms with E-state index in [1.54, 1.807) is 0 Å². The number of nitrogens with zero attached hydrogens (tertiary/aromatic N) is 2. The molecule has 1 rings (SSSR count). The van der Waals surface area contributed by atoms with Crippen molar-refractivity contribution in [2.45, 2.75) is 402 Å². The zero-order valence-corrected chi connectivity index (χ0v) is 71.6. The number of rotatable bonds is 75. The van der Waals surface area contributed by atoms with E-state index in [0.29, 0.717) is 32.2 Å². The molecule has 1 fully saturated rings. The maximum atomic E-state index is 13.3. The first-order valence-electron chi connectivity index (χ1n) is 42.4. The van der Waals surface area contributed by atoms with Crippen LogP contribution in [0.1, 0.15) is 396 Å². The summed E-state index contributed by atoms with van der Waals surface area (Å²) < 4.78 is 34.3. The van der Waals surface area contributed by atoms with E-state index in [2.05, 4.69) is 78.1 Å². The fourth-order valence-electron chi connectivity index (χ4n) is 14.9. The van der Waals surface area contributed by atoms with Gasteiger partial charge in [-0.25, -0.2) is 4.79 Å². The number of carbonyl (C=O) groups excluding carboxylic acids is 5. The first-order valence-corrected chi connectivity index (χ1v) is 43.6. The van der Waals surface area contributed by atoms with Gasteiger partial charge in [-0.2, -0.15) is 6.42 Å². The Morgan fingerprint density at radius 1 is 0.444 bits per heavy atom. The van der Waals surface area contributed by atoms with Crippen molar-refractivity contribution in [2.75, 3.05) is 59.7 Å². The largest absolute Gasteiger partial charge is 0.465 e. The Labute approximate surface area is 636 Å². The molecule has 9 atom stereocenters. The maximum absolute atomic E-state index is 13.3. The van der Waals surface area contributed by atoms with E-state index in [-0.39, 0.29) is 84.9 Å². The molecule has 0 aliphatic heterocycles. The van der Waals surface area contributed by atoms with Crippen molar-refractivity contribution in [1.82, 2.24) is 9.80 Å². The van der Waals surface area contributed by atoms with Crippen LogP contribution in [0.3, 0.4) is 0 Å². The van der Waals surface area contributed by atoms with Crippen LogP contribution in [0, 0.1) is 79.5 Å². The molecule has 0 heterocycles. The molecule has 0 saturated heterocycles. The third kappa shape index (κ3) is 51.7. The summed E-state index contributed by atoms with van der Waals surface area (Å²) in [5, 5.41) is 0. The minimum Gasteiger partial charge on any atom is -0.465 e. The number of carbonyl (C=O) groups is 4. The summed E-state index contributed by atoms with van der Waals surface area (Å²) in [4.78, 5) is 69.8. The van der Waals surface area contributed by atoms with Crippen LogP contribution in [-0.4, -0.2) is 105 Å². The third-order valence-corrected chi connectivity index (χ3v) is 22.8. The van der Waals surface area contributed by atoms with Gasteiger partial charge in [-0.1, -0.05) is 312 Å². The molecule has 9 unspecified atom stereocenters. The molecule has 0 bridgehead atoms. The molecule has 0 aromatic rings. The van der Waals surface area contributed by atoms with Crippen LogP contribution in [0.5, 0.6) is 0 Å². The molecule has 0 aromatic heterocycles. The van der Waals surface area contributed by atoms with E-state index in [1.807, 2.05) is 0 Å². The fourth-order valence-corrected chi connectivity index (χ4v) is 15.3. The number of hydrogen-bond acceptors (Lipinski definition) is 12. The summed E-state index contributed by atoms with van der Waals surface area (Å²) >= 11 is 0. The van der Waals surface area contributed by atoms with Gasteiger partial charge in [0, 0.05) is 63.4 Å². The van der Waals surface area contributed by atoms with E-state index in [9.17, 15) is 28.5 Å². The molecular weight excluding hydrogens is 1480 g/mol. The number of hydrogen-bond donors (Lipinski definition) is 0. The van der Waals surface area contributed by atoms with Crippen LogP contribution in [0.4, 0.5) is 0 Å². The second kappa shape index (κ2) is 69.9. The molecule has 99 heavy (non-hydrogen) atoms. The Balaban J connectivity index is 0.0000960. The summed E-state index contributed by atoms with van der Waals surface area (Å²) in [6.07, 6.45) is 61.0. The quantitative estimate of drug-likeness (QED) is 0.0143. The van der Waals surface area contributed by atoms with Crippen molar-refractivity contribution in [3.8, 4) is 0 Å². The standard InChI is InChI=1S/C85H160N2O10P.U/c1-11-17-22-27-33-46-59-77(57-43-24-19-13-3)85(92)96-70-52-39-38-50-65-86(66-67-87(68-71-97-98(93)94-10)81-80(75(9)16-6)82(89)83(81)90)64-49-37-30-36-48-61-79(72-88)76(55-42-23-18-12-2)56-45-34-28-31-40-53-73(7)62-63-74(8)54-41-32-29-35-47-60-78(58-44-25-20-14-4)84(91)95-69-51-26-21-15-5;/h73-78,80-81,98H,5,11-71H2,1-4,6-10H3;/q-1;. The van der Waals surface area contributed by atoms with Crippen LogP contribution >= 0.6 is 8.25 Å². The molecule has 0 amide bonds. The van der Waals surface area contributed by atoms with Crippen LogP contribution in [-0.2, 0) is 47.1 Å². The molecule has 1 aliphatic rings. The Bertz CT molecular complexity index is 1970. The topological polar surface area (TPSA) is 146 Å². The van der Waals surface area contributed by atoms with Gasteiger partial charge in [-0.15, -0.1) is 0 Å². The normalized spacial score (nSPS) is 16.1. The Hall–Kier alpha value is -1.15. The zero-order valence-electron chi connectivity index (χ0n) is 66.4. The number of ether oxygens (including phenoxy) is 2. The molecule has 1 aliphatic carbocycles. The Morgan fingerprint density at radius 2 is 0.818 bits per heavy atom. The van der Waals surface area contributed by atoms with Crippen LogP contribution in [0.2, 0.25) is 0 Å². The number of ketones is 2. The fraction of sp³-hybridized carbons (Fsp3) is 0.918. The molecule has 0 N–H and O–H groups in total. The van der Waals surface area contributed by atoms with Crippen molar-refractivity contribution < 1.29 is 78.2 Å². The van der Waals surface area contributed by atoms with Gasteiger partial charge in [0.1, 0.15) is 5.94 Å². The summed E-state index contributed by atoms with van der Waals surface area (Å²) in [6.45, 7) is 26.8. The van der Waals surface area contributed by atoms with Crippen molar-refractivity contribution in [1.29, 1.82) is 0 Å². The monoisotopic (exact) mass is 1640 g/mol. The maximum Gasteiger partial charge on any atom is 0.318 e. The SMILES string of the molecule is [CH2-]CCCCCOC(=O)C(CCCCCC)CCCCCCCC(C)CCC(C)CCCCCCCC(CCCCCC)C(=C=O)CCCCCCCN(CCCCCCOC(=O)C(CCCCCC)CCCCCCCC)CCN(CCO[PH](=O)OC)C1C(=O)C(=O)C1C(C)CC.[U]. The van der Waals surface area contributed by atoms with Crippen molar-refractivity contribution in [3.63, 3.8) is 0 Å². The molecular formula is C85H160N2O10PU-. The minimum absolute atomic E-state index is 0. The number of allylic oxidation sites excluding steroid dienone is 1. The average molecular weight is 1640 g/mol. The molecule has 0 aromatic carbocycles. The number of esters is 2. The first kappa shape index (κ1) is 97.9. The summed E-state index contributed by atoms with van der Waals surface area (Å²) in [5.41, 5.74) is 1.03. The van der Waals surface area contributed by atoms with E-state index in [0.717, 1.165) is 198 Å². The molecule has 0 radical (unpaired) electrons. The van der Waals surface area contributed by atoms with Crippen LogP contribution in [0.25, 0.3) is 0 Å². The molecule has 12 nitrogen and oxygen atoms in total. The molecule has 0 spiro atoms. The average Bonchev–Trinajstić information content (AvgIpc) is 0.761. The van der Waals surface area contributed by atoms with Crippen LogP contribution in [0.15, 0.2) is 5.57 Å². The predicted octanol–water partition coefficient (Wildman–Crippen LogP) is 24.0.